The van der Waals surface area contributed by atoms with Crippen LogP contribution in [0.1, 0.15) is 29.0 Å². The molecule has 116 valence electrons. The molecule has 1 aromatic carbocycles. The second kappa shape index (κ2) is 6.10. The smallest absolute Gasteiger partial charge is 0.274 e. The van der Waals surface area contributed by atoms with Crippen LogP contribution in [0.15, 0.2) is 30.3 Å². The molecule has 3 rings (SSSR count). The molecular formula is C16H18ClN3O2. The molecule has 1 fully saturated rings. The minimum atomic E-state index is -0.296. The van der Waals surface area contributed by atoms with Gasteiger partial charge in [-0.2, -0.15) is 5.10 Å². The number of likely N-dealkylation sites (tertiary alicyclic amines) is 1. The maximum absolute atomic E-state index is 12.5. The van der Waals surface area contributed by atoms with Crippen LogP contribution in [0.2, 0.25) is 5.02 Å². The first kappa shape index (κ1) is 15.1. The molecular weight excluding hydrogens is 302 g/mol. The number of halogens is 1. The van der Waals surface area contributed by atoms with E-state index in [-0.39, 0.29) is 12.0 Å². The van der Waals surface area contributed by atoms with Gasteiger partial charge < -0.3 is 10.0 Å². The van der Waals surface area contributed by atoms with E-state index in [1.54, 1.807) is 21.7 Å². The van der Waals surface area contributed by atoms with Crippen LogP contribution in [0.25, 0.3) is 5.69 Å². The Balaban J connectivity index is 1.84. The van der Waals surface area contributed by atoms with Gasteiger partial charge in [-0.1, -0.05) is 17.7 Å². The number of carbonyl (C=O) groups excluding carboxylic acids is 1. The van der Waals surface area contributed by atoms with Crippen LogP contribution in [0.5, 0.6) is 0 Å². The lowest BCUT2D eigenvalue weighted by atomic mass is 10.1. The number of nitrogens with zero attached hydrogens (tertiary/aromatic N) is 3. The van der Waals surface area contributed by atoms with E-state index in [0.717, 1.165) is 11.4 Å². The van der Waals surface area contributed by atoms with Crippen molar-refractivity contribution in [3.8, 4) is 5.69 Å². The number of amides is 1. The topological polar surface area (TPSA) is 58.4 Å². The van der Waals surface area contributed by atoms with Crippen molar-refractivity contribution in [3.05, 3.63) is 46.7 Å². The van der Waals surface area contributed by atoms with Crippen LogP contribution < -0.4 is 0 Å². The summed E-state index contributed by atoms with van der Waals surface area (Å²) >= 11 is 6.01. The van der Waals surface area contributed by atoms with E-state index >= 15 is 0 Å². The molecule has 5 nitrogen and oxygen atoms in total. The van der Waals surface area contributed by atoms with E-state index in [9.17, 15) is 9.90 Å². The average Bonchev–Trinajstić information content (AvgIpc) is 2.89. The summed E-state index contributed by atoms with van der Waals surface area (Å²) in [6.45, 7) is 3.05. The van der Waals surface area contributed by atoms with Crippen molar-refractivity contribution < 1.29 is 9.90 Å². The van der Waals surface area contributed by atoms with Gasteiger partial charge in [-0.15, -0.1) is 0 Å². The molecule has 1 saturated heterocycles. The molecule has 0 atom stereocenters. The SMILES string of the molecule is Cc1cc(C(=O)N2CCC(O)CC2)nn1-c1cccc(Cl)c1. The Bertz CT molecular complexity index is 690. The van der Waals surface area contributed by atoms with E-state index in [0.29, 0.717) is 36.6 Å². The monoisotopic (exact) mass is 319 g/mol. The molecule has 1 amide bonds. The van der Waals surface area contributed by atoms with Crippen LogP contribution in [-0.2, 0) is 0 Å². The summed E-state index contributed by atoms with van der Waals surface area (Å²) in [5.41, 5.74) is 2.13. The standard InChI is InChI=1S/C16H18ClN3O2/c1-11-9-15(16(22)19-7-5-14(21)6-8-19)18-20(11)13-4-2-3-12(17)10-13/h2-4,9-10,14,21H,5-8H2,1H3. The fourth-order valence-electron chi connectivity index (χ4n) is 2.68. The number of aromatic nitrogens is 2. The highest BCUT2D eigenvalue weighted by molar-refractivity contribution is 6.30. The Morgan fingerprint density at radius 3 is 2.73 bits per heavy atom. The third-order valence-corrected chi connectivity index (χ3v) is 4.15. The molecule has 6 heteroatoms. The first-order valence-electron chi connectivity index (χ1n) is 7.34. The van der Waals surface area contributed by atoms with Crippen LogP contribution in [-0.4, -0.2) is 44.9 Å². The van der Waals surface area contributed by atoms with Gasteiger partial charge in [0.25, 0.3) is 5.91 Å². The summed E-state index contributed by atoms with van der Waals surface area (Å²) in [4.78, 5) is 14.3. The molecule has 0 spiro atoms. The van der Waals surface area contributed by atoms with Crippen molar-refractivity contribution in [2.24, 2.45) is 0 Å². The van der Waals surface area contributed by atoms with Gasteiger partial charge >= 0.3 is 0 Å². The van der Waals surface area contributed by atoms with Gasteiger partial charge in [0, 0.05) is 23.8 Å². The lowest BCUT2D eigenvalue weighted by Crippen LogP contribution is -2.40. The van der Waals surface area contributed by atoms with Crippen LogP contribution in [0, 0.1) is 6.92 Å². The minimum absolute atomic E-state index is 0.0872. The Morgan fingerprint density at radius 1 is 1.32 bits per heavy atom. The van der Waals surface area contributed by atoms with Gasteiger partial charge in [0.1, 0.15) is 0 Å². The summed E-state index contributed by atoms with van der Waals surface area (Å²) in [6.07, 6.45) is 0.953. The molecule has 0 unspecified atom stereocenters. The predicted octanol–water partition coefficient (Wildman–Crippen LogP) is 2.43. The number of carbonyl (C=O) groups is 1. The number of hydrogen-bond donors (Lipinski definition) is 1. The quantitative estimate of drug-likeness (QED) is 0.925. The fourth-order valence-corrected chi connectivity index (χ4v) is 2.86. The highest BCUT2D eigenvalue weighted by Gasteiger charge is 2.24. The zero-order chi connectivity index (χ0) is 15.7. The molecule has 1 aliphatic rings. The molecule has 22 heavy (non-hydrogen) atoms. The molecule has 0 saturated carbocycles. The molecule has 0 bridgehead atoms. The maximum Gasteiger partial charge on any atom is 0.274 e. The maximum atomic E-state index is 12.5. The zero-order valence-corrected chi connectivity index (χ0v) is 13.1. The number of aliphatic hydroxyl groups is 1. The Morgan fingerprint density at radius 2 is 2.05 bits per heavy atom. The molecule has 1 N–H and O–H groups in total. The van der Waals surface area contributed by atoms with Crippen LogP contribution in [0.4, 0.5) is 0 Å². The van der Waals surface area contributed by atoms with Crippen molar-refractivity contribution in [3.63, 3.8) is 0 Å². The highest BCUT2D eigenvalue weighted by atomic mass is 35.5. The molecule has 0 aliphatic carbocycles. The van der Waals surface area contributed by atoms with E-state index in [1.165, 1.54) is 0 Å². The van der Waals surface area contributed by atoms with Gasteiger partial charge in [-0.05, 0) is 44.0 Å². The fraction of sp³-hybridized carbons (Fsp3) is 0.375. The van der Waals surface area contributed by atoms with Crippen molar-refractivity contribution >= 4 is 17.5 Å². The first-order valence-corrected chi connectivity index (χ1v) is 7.72. The summed E-state index contributed by atoms with van der Waals surface area (Å²) in [5, 5.41) is 14.6. The second-order valence-electron chi connectivity index (χ2n) is 5.59. The van der Waals surface area contributed by atoms with Gasteiger partial charge in [0.05, 0.1) is 11.8 Å². The van der Waals surface area contributed by atoms with Crippen LogP contribution in [0.3, 0.4) is 0 Å². The predicted molar refractivity (Wildman–Crippen MR) is 84.5 cm³/mol. The van der Waals surface area contributed by atoms with E-state index in [4.69, 9.17) is 11.6 Å². The van der Waals surface area contributed by atoms with Crippen molar-refractivity contribution in [2.75, 3.05) is 13.1 Å². The number of hydrogen-bond acceptors (Lipinski definition) is 3. The lowest BCUT2D eigenvalue weighted by Gasteiger charge is -2.28. The second-order valence-corrected chi connectivity index (χ2v) is 6.02. The largest absolute Gasteiger partial charge is 0.393 e. The number of piperidine rings is 1. The molecule has 1 aliphatic heterocycles. The Hall–Kier alpha value is -1.85. The number of aryl methyl sites for hydroxylation is 1. The molecule has 0 radical (unpaired) electrons. The van der Waals surface area contributed by atoms with Crippen LogP contribution >= 0.6 is 11.6 Å². The van der Waals surface area contributed by atoms with E-state index in [1.807, 2.05) is 25.1 Å². The molecule has 2 aromatic rings. The van der Waals surface area contributed by atoms with Crippen molar-refractivity contribution in [1.82, 2.24) is 14.7 Å². The zero-order valence-electron chi connectivity index (χ0n) is 12.4. The summed E-state index contributed by atoms with van der Waals surface area (Å²) < 4.78 is 1.72. The minimum Gasteiger partial charge on any atom is -0.393 e. The number of aliphatic hydroxyl groups excluding tert-OH is 1. The van der Waals surface area contributed by atoms with Crippen molar-refractivity contribution in [2.45, 2.75) is 25.9 Å². The van der Waals surface area contributed by atoms with E-state index < -0.39 is 0 Å². The lowest BCUT2D eigenvalue weighted by molar-refractivity contribution is 0.0541. The summed E-state index contributed by atoms with van der Waals surface area (Å²) in [7, 11) is 0. The first-order chi connectivity index (χ1) is 10.5. The average molecular weight is 320 g/mol. The third kappa shape index (κ3) is 3.00. The third-order valence-electron chi connectivity index (χ3n) is 3.91. The van der Waals surface area contributed by atoms with Gasteiger partial charge in [0.2, 0.25) is 0 Å². The number of benzene rings is 1. The summed E-state index contributed by atoms with van der Waals surface area (Å²) in [5.74, 6) is -0.0872. The van der Waals surface area contributed by atoms with Gasteiger partial charge in [-0.25, -0.2) is 4.68 Å². The highest BCUT2D eigenvalue weighted by Crippen LogP contribution is 2.18. The normalized spacial score (nSPS) is 16.0. The van der Waals surface area contributed by atoms with Gasteiger partial charge in [-0.3, -0.25) is 4.79 Å². The summed E-state index contributed by atoms with van der Waals surface area (Å²) in [6, 6.07) is 9.15. The molecule has 2 heterocycles. The number of rotatable bonds is 2. The Labute approximate surface area is 134 Å². The van der Waals surface area contributed by atoms with Gasteiger partial charge in [0.15, 0.2) is 5.69 Å². The molecule has 1 aromatic heterocycles. The van der Waals surface area contributed by atoms with E-state index in [2.05, 4.69) is 5.10 Å². The Kier molecular flexibility index (Phi) is 4.18. The van der Waals surface area contributed by atoms with Crippen molar-refractivity contribution in [1.29, 1.82) is 0 Å².